The maximum Gasteiger partial charge on any atom is 0.295 e. The standard InChI is InChI=1S/C21H22N2O5/c1-27-12-4-11-23-18(14-7-9-22-10-8-14)17(20(25)21(23)26)19(24)15-5-3-6-16(13-15)28-2/h3,5-10,13,18,24H,4,11-12H2,1-2H3. The van der Waals surface area contributed by atoms with E-state index in [0.29, 0.717) is 36.4 Å². The molecule has 28 heavy (non-hydrogen) atoms. The van der Waals surface area contributed by atoms with Gasteiger partial charge in [-0.15, -0.1) is 0 Å². The van der Waals surface area contributed by atoms with Crippen molar-refractivity contribution in [2.24, 2.45) is 0 Å². The van der Waals surface area contributed by atoms with Crippen molar-refractivity contribution in [3.8, 4) is 5.75 Å². The molecule has 3 rings (SSSR count). The van der Waals surface area contributed by atoms with Gasteiger partial charge in [0.25, 0.3) is 11.7 Å². The lowest BCUT2D eigenvalue weighted by molar-refractivity contribution is -0.140. The Labute approximate surface area is 163 Å². The van der Waals surface area contributed by atoms with Gasteiger partial charge in [-0.05, 0) is 36.2 Å². The van der Waals surface area contributed by atoms with Crippen molar-refractivity contribution in [1.29, 1.82) is 0 Å². The van der Waals surface area contributed by atoms with E-state index in [1.807, 2.05) is 0 Å². The number of Topliss-reactive ketones (excluding diaryl/α,β-unsaturated/α-hetero) is 1. The van der Waals surface area contributed by atoms with Crippen LogP contribution in [-0.2, 0) is 14.3 Å². The molecule has 0 saturated carbocycles. The third-order valence-corrected chi connectivity index (χ3v) is 4.65. The zero-order valence-corrected chi connectivity index (χ0v) is 15.8. The van der Waals surface area contributed by atoms with Crippen LogP contribution < -0.4 is 4.74 Å². The summed E-state index contributed by atoms with van der Waals surface area (Å²) in [6.07, 6.45) is 3.76. The number of carbonyl (C=O) groups is 2. The smallest absolute Gasteiger partial charge is 0.295 e. The van der Waals surface area contributed by atoms with E-state index < -0.39 is 17.7 Å². The first-order valence-corrected chi connectivity index (χ1v) is 8.90. The van der Waals surface area contributed by atoms with Crippen molar-refractivity contribution in [3.63, 3.8) is 0 Å². The van der Waals surface area contributed by atoms with Crippen LogP contribution in [0.25, 0.3) is 5.76 Å². The fourth-order valence-corrected chi connectivity index (χ4v) is 3.31. The second kappa shape index (κ2) is 8.67. The molecule has 0 spiro atoms. The summed E-state index contributed by atoms with van der Waals surface area (Å²) in [7, 11) is 3.10. The summed E-state index contributed by atoms with van der Waals surface area (Å²) in [5, 5.41) is 10.9. The van der Waals surface area contributed by atoms with Crippen molar-refractivity contribution in [2.75, 3.05) is 27.4 Å². The van der Waals surface area contributed by atoms with Crippen molar-refractivity contribution < 1.29 is 24.2 Å². The van der Waals surface area contributed by atoms with Crippen molar-refractivity contribution in [2.45, 2.75) is 12.5 Å². The second-order valence-corrected chi connectivity index (χ2v) is 6.35. The number of ketones is 1. The molecule has 1 aliphatic rings. The molecule has 0 radical (unpaired) electrons. The summed E-state index contributed by atoms with van der Waals surface area (Å²) in [5.41, 5.74) is 1.17. The summed E-state index contributed by atoms with van der Waals surface area (Å²) < 4.78 is 10.3. The second-order valence-electron chi connectivity index (χ2n) is 6.35. The molecule has 7 heteroatoms. The molecule has 1 aromatic carbocycles. The van der Waals surface area contributed by atoms with Crippen LogP contribution in [0.1, 0.15) is 23.6 Å². The minimum atomic E-state index is -0.709. The third-order valence-electron chi connectivity index (χ3n) is 4.65. The molecule has 0 aliphatic carbocycles. The van der Waals surface area contributed by atoms with Crippen LogP contribution in [0.3, 0.4) is 0 Å². The van der Waals surface area contributed by atoms with E-state index >= 15 is 0 Å². The highest BCUT2D eigenvalue weighted by atomic mass is 16.5. The average molecular weight is 382 g/mol. The molecule has 2 heterocycles. The van der Waals surface area contributed by atoms with Gasteiger partial charge in [0.1, 0.15) is 11.5 Å². The van der Waals surface area contributed by atoms with Gasteiger partial charge in [-0.2, -0.15) is 0 Å². The van der Waals surface area contributed by atoms with Gasteiger partial charge in [0, 0.05) is 38.2 Å². The summed E-state index contributed by atoms with van der Waals surface area (Å²) >= 11 is 0. The molecule has 2 aromatic rings. The number of methoxy groups -OCH3 is 2. The van der Waals surface area contributed by atoms with E-state index in [2.05, 4.69) is 4.98 Å². The van der Waals surface area contributed by atoms with E-state index in [-0.39, 0.29) is 11.3 Å². The SMILES string of the molecule is COCCCN1C(=O)C(=O)C(=C(O)c2cccc(OC)c2)C1c1ccncc1. The van der Waals surface area contributed by atoms with Gasteiger partial charge < -0.3 is 19.5 Å². The lowest BCUT2D eigenvalue weighted by Gasteiger charge is -2.25. The molecule has 1 unspecified atom stereocenters. The largest absolute Gasteiger partial charge is 0.507 e. The lowest BCUT2D eigenvalue weighted by atomic mass is 9.96. The lowest BCUT2D eigenvalue weighted by Crippen LogP contribution is -2.31. The van der Waals surface area contributed by atoms with Crippen LogP contribution >= 0.6 is 0 Å². The highest BCUT2D eigenvalue weighted by Gasteiger charge is 2.45. The first-order valence-electron chi connectivity index (χ1n) is 8.90. The quantitative estimate of drug-likeness (QED) is 0.343. The van der Waals surface area contributed by atoms with Crippen molar-refractivity contribution in [1.82, 2.24) is 9.88 Å². The van der Waals surface area contributed by atoms with E-state index in [1.165, 1.54) is 12.0 Å². The first-order chi connectivity index (χ1) is 13.6. The number of ether oxygens (including phenoxy) is 2. The fourth-order valence-electron chi connectivity index (χ4n) is 3.31. The number of amides is 1. The molecule has 7 nitrogen and oxygen atoms in total. The molecule has 1 fully saturated rings. The number of aliphatic hydroxyl groups excluding tert-OH is 1. The molecule has 1 atom stereocenters. The molecule has 1 amide bonds. The maximum absolute atomic E-state index is 12.8. The minimum absolute atomic E-state index is 0.0573. The van der Waals surface area contributed by atoms with Crippen molar-refractivity contribution in [3.05, 3.63) is 65.5 Å². The Morgan fingerprint density at radius 1 is 1.18 bits per heavy atom. The van der Waals surface area contributed by atoms with Crippen LogP contribution in [-0.4, -0.2) is 54.1 Å². The van der Waals surface area contributed by atoms with E-state index in [0.717, 1.165) is 0 Å². The Morgan fingerprint density at radius 3 is 2.61 bits per heavy atom. The number of pyridine rings is 1. The zero-order chi connectivity index (χ0) is 20.1. The van der Waals surface area contributed by atoms with Gasteiger partial charge >= 0.3 is 0 Å². The number of hydrogen-bond donors (Lipinski definition) is 1. The number of benzene rings is 1. The molecule has 1 saturated heterocycles. The molecular formula is C21H22N2O5. The number of likely N-dealkylation sites (tertiary alicyclic amines) is 1. The summed E-state index contributed by atoms with van der Waals surface area (Å²) in [5.74, 6) is -1.03. The first kappa shape index (κ1) is 19.6. The number of rotatable bonds is 7. The predicted octanol–water partition coefficient (Wildman–Crippen LogP) is 2.55. The van der Waals surface area contributed by atoms with E-state index in [1.54, 1.807) is 55.9 Å². The van der Waals surface area contributed by atoms with Gasteiger partial charge in [0.05, 0.1) is 18.7 Å². The topological polar surface area (TPSA) is 89.0 Å². The molecule has 0 bridgehead atoms. The highest BCUT2D eigenvalue weighted by Crippen LogP contribution is 2.39. The van der Waals surface area contributed by atoms with Crippen molar-refractivity contribution >= 4 is 17.4 Å². The van der Waals surface area contributed by atoms with Crippen LogP contribution in [0.15, 0.2) is 54.4 Å². The van der Waals surface area contributed by atoms with Crippen LogP contribution in [0.2, 0.25) is 0 Å². The zero-order valence-electron chi connectivity index (χ0n) is 15.8. The Balaban J connectivity index is 2.10. The van der Waals surface area contributed by atoms with Gasteiger partial charge in [-0.25, -0.2) is 0 Å². The number of aliphatic hydroxyl groups is 1. The van der Waals surface area contributed by atoms with E-state index in [9.17, 15) is 14.7 Å². The average Bonchev–Trinajstić information content (AvgIpc) is 2.99. The summed E-state index contributed by atoms with van der Waals surface area (Å²) in [6, 6.07) is 9.52. The monoisotopic (exact) mass is 382 g/mol. The summed E-state index contributed by atoms with van der Waals surface area (Å²) in [4.78, 5) is 31.0. The van der Waals surface area contributed by atoms with Crippen LogP contribution in [0, 0.1) is 0 Å². The third kappa shape index (κ3) is 3.75. The fraction of sp³-hybridized carbons (Fsp3) is 0.286. The molecule has 1 aromatic heterocycles. The maximum atomic E-state index is 12.8. The molecular weight excluding hydrogens is 360 g/mol. The van der Waals surface area contributed by atoms with Gasteiger partial charge in [0.2, 0.25) is 0 Å². The normalized spacial score (nSPS) is 18.5. The van der Waals surface area contributed by atoms with Crippen LogP contribution in [0.5, 0.6) is 5.75 Å². The number of aromatic nitrogens is 1. The molecule has 1 N–H and O–H groups in total. The predicted molar refractivity (Wildman–Crippen MR) is 103 cm³/mol. The van der Waals surface area contributed by atoms with E-state index in [4.69, 9.17) is 9.47 Å². The Kier molecular flexibility index (Phi) is 6.06. The Hall–Kier alpha value is -3.19. The van der Waals surface area contributed by atoms with Gasteiger partial charge in [-0.3, -0.25) is 14.6 Å². The molecule has 1 aliphatic heterocycles. The minimum Gasteiger partial charge on any atom is -0.507 e. The highest BCUT2D eigenvalue weighted by molar-refractivity contribution is 6.46. The van der Waals surface area contributed by atoms with Gasteiger partial charge in [0.15, 0.2) is 0 Å². The Bertz CT molecular complexity index is 895. The number of nitrogens with zero attached hydrogens (tertiary/aromatic N) is 2. The van der Waals surface area contributed by atoms with Gasteiger partial charge in [-0.1, -0.05) is 12.1 Å². The Morgan fingerprint density at radius 2 is 1.93 bits per heavy atom. The number of carbonyl (C=O) groups excluding carboxylic acids is 2. The number of hydrogen-bond acceptors (Lipinski definition) is 6. The molecule has 146 valence electrons. The van der Waals surface area contributed by atoms with Crippen LogP contribution in [0.4, 0.5) is 0 Å². The summed E-state index contributed by atoms with van der Waals surface area (Å²) in [6.45, 7) is 0.794.